The molecule has 1 amide bonds. The number of ether oxygens (including phenoxy) is 1. The summed E-state index contributed by atoms with van der Waals surface area (Å²) in [5.41, 5.74) is 0.384. The van der Waals surface area contributed by atoms with Crippen LogP contribution in [-0.2, 0) is 14.9 Å². The lowest BCUT2D eigenvalue weighted by atomic mass is 9.76. The van der Waals surface area contributed by atoms with Crippen molar-refractivity contribution in [2.45, 2.75) is 44.6 Å². The number of aromatic nitrogens is 3. The maximum atomic E-state index is 12.7. The van der Waals surface area contributed by atoms with Crippen LogP contribution in [0.5, 0.6) is 0 Å². The maximum absolute atomic E-state index is 12.7. The molecule has 0 bridgehead atoms. The lowest BCUT2D eigenvalue weighted by Crippen LogP contribution is -2.53. The van der Waals surface area contributed by atoms with Crippen LogP contribution in [0.25, 0.3) is 17.0 Å². The summed E-state index contributed by atoms with van der Waals surface area (Å²) in [5, 5.41) is 10.8. The van der Waals surface area contributed by atoms with Gasteiger partial charge in [-0.3, -0.25) is 9.20 Å². The van der Waals surface area contributed by atoms with Gasteiger partial charge in [0.05, 0.1) is 28.3 Å². The molecule has 4 rings (SSSR count). The molecule has 9 heteroatoms. The Morgan fingerprint density at radius 2 is 2.00 bits per heavy atom. The zero-order valence-electron chi connectivity index (χ0n) is 18.2. The van der Waals surface area contributed by atoms with Gasteiger partial charge in [0.1, 0.15) is 16.7 Å². The highest BCUT2D eigenvalue weighted by Crippen LogP contribution is 2.35. The van der Waals surface area contributed by atoms with Crippen molar-refractivity contribution in [2.24, 2.45) is 0 Å². The van der Waals surface area contributed by atoms with Crippen molar-refractivity contribution in [3.8, 4) is 11.4 Å². The zero-order chi connectivity index (χ0) is 23.1. The molecule has 1 N–H and O–H groups in total. The molecule has 4 heterocycles. The normalized spacial score (nSPS) is 19.2. The molecule has 32 heavy (non-hydrogen) atoms. The third-order valence-corrected chi connectivity index (χ3v) is 5.75. The van der Waals surface area contributed by atoms with Crippen LogP contribution < -0.4 is 0 Å². The first kappa shape index (κ1) is 22.1. The molecular formula is C23H25ClN4O4. The molecule has 1 fully saturated rings. The van der Waals surface area contributed by atoms with Crippen LogP contribution in [0.4, 0.5) is 4.79 Å². The Kier molecular flexibility index (Phi) is 5.58. The Labute approximate surface area is 190 Å². The van der Waals surface area contributed by atoms with Crippen LogP contribution in [0.2, 0.25) is 5.02 Å². The van der Waals surface area contributed by atoms with Crippen molar-refractivity contribution in [1.82, 2.24) is 19.3 Å². The second-order valence-electron chi connectivity index (χ2n) is 9.02. The number of carboxylic acids is 1. The van der Waals surface area contributed by atoms with E-state index in [1.807, 2.05) is 4.40 Å². The van der Waals surface area contributed by atoms with Gasteiger partial charge in [-0.1, -0.05) is 17.7 Å². The Hall–Kier alpha value is -3.13. The number of imidazole rings is 1. The average Bonchev–Trinajstić information content (AvgIpc) is 3.15. The highest BCUT2D eigenvalue weighted by molar-refractivity contribution is 6.30. The van der Waals surface area contributed by atoms with Crippen molar-refractivity contribution in [2.75, 3.05) is 13.1 Å². The standard InChI is InChI=1S/C23H25ClN4O4/c1-22(2,3)32-21(31)27-11-5-10-23(14-27,20(29)30)18-7-4-6-16(26-18)17-12-25-19-9-8-15(24)13-28(17)19/h4,6-9,12-13H,5,10-11,14H2,1-3H3,(H,29,30)/t23-/m0/s1. The van der Waals surface area contributed by atoms with Gasteiger partial charge in [0.2, 0.25) is 0 Å². The van der Waals surface area contributed by atoms with Gasteiger partial charge < -0.3 is 14.7 Å². The molecular weight excluding hydrogens is 432 g/mol. The molecule has 1 atom stereocenters. The van der Waals surface area contributed by atoms with Crippen LogP contribution >= 0.6 is 11.6 Å². The number of fused-ring (bicyclic) bond motifs is 1. The fourth-order valence-electron chi connectivity index (χ4n) is 4.02. The van der Waals surface area contributed by atoms with Crippen molar-refractivity contribution in [3.63, 3.8) is 0 Å². The number of likely N-dealkylation sites (tertiary alicyclic amines) is 1. The maximum Gasteiger partial charge on any atom is 0.410 e. The zero-order valence-corrected chi connectivity index (χ0v) is 19.0. The van der Waals surface area contributed by atoms with Gasteiger partial charge in [-0.2, -0.15) is 0 Å². The van der Waals surface area contributed by atoms with Crippen molar-refractivity contribution >= 4 is 29.3 Å². The second-order valence-corrected chi connectivity index (χ2v) is 9.46. The number of aliphatic carboxylic acids is 1. The first-order chi connectivity index (χ1) is 15.1. The van der Waals surface area contributed by atoms with E-state index in [9.17, 15) is 14.7 Å². The van der Waals surface area contributed by atoms with Crippen molar-refractivity contribution in [3.05, 3.63) is 53.4 Å². The summed E-state index contributed by atoms with van der Waals surface area (Å²) in [5.74, 6) is -1.02. The third-order valence-electron chi connectivity index (χ3n) is 5.52. The molecule has 0 radical (unpaired) electrons. The molecule has 0 aliphatic carbocycles. The topological polar surface area (TPSA) is 97.0 Å². The predicted octanol–water partition coefficient (Wildman–Crippen LogP) is 4.40. The third kappa shape index (κ3) is 4.14. The summed E-state index contributed by atoms with van der Waals surface area (Å²) in [7, 11) is 0. The molecule has 3 aromatic rings. The number of carboxylic acid groups (broad SMARTS) is 1. The minimum Gasteiger partial charge on any atom is -0.480 e. The van der Waals surface area contributed by atoms with Crippen LogP contribution in [0.15, 0.2) is 42.7 Å². The molecule has 168 valence electrons. The first-order valence-electron chi connectivity index (χ1n) is 10.4. The Bertz CT molecular complexity index is 1190. The van der Waals surface area contributed by atoms with E-state index in [-0.39, 0.29) is 6.54 Å². The van der Waals surface area contributed by atoms with E-state index >= 15 is 0 Å². The SMILES string of the molecule is CC(C)(C)OC(=O)N1CCC[C@@](C(=O)O)(c2cccc(-c3cnc4ccc(Cl)cn34)n2)C1. The first-order valence-corrected chi connectivity index (χ1v) is 10.8. The summed E-state index contributed by atoms with van der Waals surface area (Å²) in [4.78, 5) is 35.7. The molecule has 0 saturated carbocycles. The van der Waals surface area contributed by atoms with E-state index in [0.29, 0.717) is 47.1 Å². The highest BCUT2D eigenvalue weighted by atomic mass is 35.5. The van der Waals surface area contributed by atoms with Gasteiger partial charge in [-0.05, 0) is 57.9 Å². The number of hydrogen-bond donors (Lipinski definition) is 1. The summed E-state index contributed by atoms with van der Waals surface area (Å²) in [6.07, 6.45) is 3.81. The van der Waals surface area contributed by atoms with E-state index < -0.39 is 23.1 Å². The van der Waals surface area contributed by atoms with Gasteiger partial charge in [0.25, 0.3) is 0 Å². The quantitative estimate of drug-likeness (QED) is 0.627. The molecule has 1 aliphatic rings. The summed E-state index contributed by atoms with van der Waals surface area (Å²) in [6.45, 7) is 5.79. The Morgan fingerprint density at radius 3 is 2.72 bits per heavy atom. The number of carbonyl (C=O) groups is 2. The van der Waals surface area contributed by atoms with Gasteiger partial charge in [-0.15, -0.1) is 0 Å². The number of pyridine rings is 2. The number of nitrogens with zero attached hydrogens (tertiary/aromatic N) is 4. The van der Waals surface area contributed by atoms with Gasteiger partial charge in [0, 0.05) is 19.3 Å². The van der Waals surface area contributed by atoms with Crippen LogP contribution in [0.1, 0.15) is 39.3 Å². The Morgan fingerprint density at radius 1 is 1.22 bits per heavy atom. The van der Waals surface area contributed by atoms with E-state index in [4.69, 9.17) is 21.3 Å². The summed E-state index contributed by atoms with van der Waals surface area (Å²) < 4.78 is 7.29. The predicted molar refractivity (Wildman–Crippen MR) is 120 cm³/mol. The summed E-state index contributed by atoms with van der Waals surface area (Å²) >= 11 is 6.15. The molecule has 1 aliphatic heterocycles. The Balaban J connectivity index is 1.72. The van der Waals surface area contributed by atoms with Gasteiger partial charge in [-0.25, -0.2) is 14.8 Å². The van der Waals surface area contributed by atoms with E-state index in [0.717, 1.165) is 0 Å². The van der Waals surface area contributed by atoms with Gasteiger partial charge in [0.15, 0.2) is 0 Å². The number of amides is 1. The van der Waals surface area contributed by atoms with Crippen LogP contribution in [0, 0.1) is 0 Å². The fraction of sp³-hybridized carbons (Fsp3) is 0.391. The van der Waals surface area contributed by atoms with Crippen LogP contribution in [-0.4, -0.2) is 55.1 Å². The van der Waals surface area contributed by atoms with E-state index in [2.05, 4.69) is 4.98 Å². The van der Waals surface area contributed by atoms with Crippen molar-refractivity contribution in [1.29, 1.82) is 0 Å². The van der Waals surface area contributed by atoms with E-state index in [1.54, 1.807) is 63.5 Å². The van der Waals surface area contributed by atoms with Crippen LogP contribution in [0.3, 0.4) is 0 Å². The molecule has 1 saturated heterocycles. The molecule has 0 aromatic carbocycles. The number of carbonyl (C=O) groups excluding carboxylic acids is 1. The number of hydrogen-bond acceptors (Lipinski definition) is 5. The minimum atomic E-state index is -1.33. The van der Waals surface area contributed by atoms with Crippen molar-refractivity contribution < 1.29 is 19.4 Å². The fourth-order valence-corrected chi connectivity index (χ4v) is 4.18. The largest absolute Gasteiger partial charge is 0.480 e. The lowest BCUT2D eigenvalue weighted by Gasteiger charge is -2.39. The lowest BCUT2D eigenvalue weighted by molar-refractivity contribution is -0.146. The number of rotatable bonds is 3. The molecule has 8 nitrogen and oxygen atoms in total. The smallest absolute Gasteiger partial charge is 0.410 e. The highest BCUT2D eigenvalue weighted by Gasteiger charge is 2.47. The van der Waals surface area contributed by atoms with Gasteiger partial charge >= 0.3 is 12.1 Å². The average molecular weight is 457 g/mol. The molecule has 0 spiro atoms. The molecule has 3 aromatic heterocycles. The molecule has 0 unspecified atom stereocenters. The van der Waals surface area contributed by atoms with E-state index in [1.165, 1.54) is 4.90 Å². The second kappa shape index (κ2) is 8.09. The summed E-state index contributed by atoms with van der Waals surface area (Å²) in [6, 6.07) is 8.83. The number of halogens is 1. The number of piperidine rings is 1. The monoisotopic (exact) mass is 456 g/mol. The minimum absolute atomic E-state index is 0.00726.